The van der Waals surface area contributed by atoms with Crippen molar-refractivity contribution >= 4 is 23.3 Å². The number of unbranched alkanes of at least 4 members (excludes halogenated alkanes) is 3. The topological polar surface area (TPSA) is 75.7 Å². The number of carbonyl (C=O) groups is 3. The summed E-state index contributed by atoms with van der Waals surface area (Å²) >= 11 is 0. The summed E-state index contributed by atoms with van der Waals surface area (Å²) in [7, 11) is 0. The zero-order valence-electron chi connectivity index (χ0n) is 17.3. The Kier molecular flexibility index (Phi) is 7.60. The van der Waals surface area contributed by atoms with Gasteiger partial charge in [-0.05, 0) is 36.2 Å². The molecule has 1 fully saturated rings. The summed E-state index contributed by atoms with van der Waals surface area (Å²) < 4.78 is 5.69. The Bertz CT molecular complexity index is 865. The van der Waals surface area contributed by atoms with Crippen molar-refractivity contribution in [3.8, 4) is 5.75 Å². The van der Waals surface area contributed by atoms with Crippen LogP contribution in [0.3, 0.4) is 0 Å². The fourth-order valence-corrected chi connectivity index (χ4v) is 3.44. The summed E-state index contributed by atoms with van der Waals surface area (Å²) in [5.41, 5.74) is 1.45. The fraction of sp³-hybridized carbons (Fsp3) is 0.375. The first-order valence-corrected chi connectivity index (χ1v) is 10.5. The van der Waals surface area contributed by atoms with E-state index in [0.717, 1.165) is 24.2 Å². The number of nitrogens with zero attached hydrogens (tertiary/aromatic N) is 1. The maximum absolute atomic E-state index is 12.6. The molecule has 1 N–H and O–H groups in total. The van der Waals surface area contributed by atoms with Gasteiger partial charge in [-0.1, -0.05) is 56.5 Å². The van der Waals surface area contributed by atoms with Crippen molar-refractivity contribution in [3.63, 3.8) is 0 Å². The second-order valence-corrected chi connectivity index (χ2v) is 7.50. The van der Waals surface area contributed by atoms with Gasteiger partial charge < -0.3 is 15.0 Å². The van der Waals surface area contributed by atoms with Crippen LogP contribution in [0.4, 0.5) is 5.69 Å². The van der Waals surface area contributed by atoms with E-state index in [1.807, 2.05) is 30.3 Å². The lowest BCUT2D eigenvalue weighted by Crippen LogP contribution is -2.34. The Morgan fingerprint density at radius 2 is 1.77 bits per heavy atom. The molecule has 2 aromatic rings. The standard InChI is InChI=1S/C24H28N2O4/c1-2-3-4-8-15-30-20-13-11-19(12-14-20)25-23(28)22-21(27)17-26(24(22)29)16-18-9-6-5-7-10-18/h5-7,9-14,22H,2-4,8,15-17H2,1H3,(H,25,28). The minimum atomic E-state index is -1.29. The van der Waals surface area contributed by atoms with E-state index in [9.17, 15) is 14.4 Å². The van der Waals surface area contributed by atoms with E-state index >= 15 is 0 Å². The molecule has 1 unspecified atom stereocenters. The van der Waals surface area contributed by atoms with E-state index in [0.29, 0.717) is 18.8 Å². The fourth-order valence-electron chi connectivity index (χ4n) is 3.44. The summed E-state index contributed by atoms with van der Waals surface area (Å²) in [5, 5.41) is 2.68. The molecule has 1 atom stereocenters. The molecule has 0 aromatic heterocycles. The second kappa shape index (κ2) is 10.6. The summed E-state index contributed by atoms with van der Waals surface area (Å²) in [6.07, 6.45) is 4.55. The number of amides is 2. The number of rotatable bonds is 10. The van der Waals surface area contributed by atoms with Gasteiger partial charge in [0, 0.05) is 12.2 Å². The van der Waals surface area contributed by atoms with E-state index < -0.39 is 17.7 Å². The molecule has 0 aliphatic carbocycles. The van der Waals surface area contributed by atoms with Gasteiger partial charge in [-0.3, -0.25) is 14.4 Å². The van der Waals surface area contributed by atoms with Crippen molar-refractivity contribution in [3.05, 3.63) is 60.2 Å². The molecule has 30 heavy (non-hydrogen) atoms. The number of anilines is 1. The van der Waals surface area contributed by atoms with E-state index in [1.54, 1.807) is 24.3 Å². The van der Waals surface area contributed by atoms with Crippen molar-refractivity contribution in [1.82, 2.24) is 4.90 Å². The Morgan fingerprint density at radius 3 is 2.47 bits per heavy atom. The minimum absolute atomic E-state index is 0.0450. The van der Waals surface area contributed by atoms with Gasteiger partial charge in [-0.25, -0.2) is 0 Å². The number of likely N-dealkylation sites (tertiary alicyclic amines) is 1. The number of ether oxygens (including phenoxy) is 1. The van der Waals surface area contributed by atoms with Crippen LogP contribution in [0.5, 0.6) is 5.75 Å². The van der Waals surface area contributed by atoms with Gasteiger partial charge in [-0.2, -0.15) is 0 Å². The first-order valence-electron chi connectivity index (χ1n) is 10.5. The van der Waals surface area contributed by atoms with Gasteiger partial charge in [0.05, 0.1) is 13.2 Å². The maximum atomic E-state index is 12.6. The molecular formula is C24H28N2O4. The predicted octanol–water partition coefficient (Wildman–Crippen LogP) is 3.81. The minimum Gasteiger partial charge on any atom is -0.494 e. The third kappa shape index (κ3) is 5.69. The van der Waals surface area contributed by atoms with Crippen LogP contribution in [0.25, 0.3) is 0 Å². The lowest BCUT2D eigenvalue weighted by molar-refractivity contribution is -0.138. The Hall–Kier alpha value is -3.15. The number of hydrogen-bond donors (Lipinski definition) is 1. The Balaban J connectivity index is 1.52. The van der Waals surface area contributed by atoms with Crippen LogP contribution in [0.1, 0.15) is 38.2 Å². The van der Waals surface area contributed by atoms with Crippen molar-refractivity contribution in [1.29, 1.82) is 0 Å². The number of benzene rings is 2. The molecule has 0 radical (unpaired) electrons. The highest BCUT2D eigenvalue weighted by molar-refractivity contribution is 6.25. The average Bonchev–Trinajstić information content (AvgIpc) is 3.02. The first-order chi connectivity index (χ1) is 14.6. The third-order valence-electron chi connectivity index (χ3n) is 5.09. The quantitative estimate of drug-likeness (QED) is 0.479. The number of hydrogen-bond acceptors (Lipinski definition) is 4. The molecule has 2 amide bonds. The first kappa shape index (κ1) is 21.6. The monoisotopic (exact) mass is 408 g/mol. The van der Waals surface area contributed by atoms with Gasteiger partial charge in [-0.15, -0.1) is 0 Å². The molecule has 2 aromatic carbocycles. The molecule has 1 heterocycles. The van der Waals surface area contributed by atoms with Crippen LogP contribution in [-0.2, 0) is 20.9 Å². The van der Waals surface area contributed by atoms with E-state index in [1.165, 1.54) is 17.7 Å². The Labute approximate surface area is 177 Å². The van der Waals surface area contributed by atoms with Crippen LogP contribution < -0.4 is 10.1 Å². The summed E-state index contributed by atoms with van der Waals surface area (Å²) in [6.45, 7) is 3.10. The van der Waals surface area contributed by atoms with Gasteiger partial charge >= 0.3 is 0 Å². The molecule has 3 rings (SSSR count). The van der Waals surface area contributed by atoms with Gasteiger partial charge in [0.1, 0.15) is 5.75 Å². The van der Waals surface area contributed by atoms with E-state index in [4.69, 9.17) is 4.74 Å². The van der Waals surface area contributed by atoms with E-state index in [-0.39, 0.29) is 12.3 Å². The highest BCUT2D eigenvalue weighted by atomic mass is 16.5. The predicted molar refractivity (Wildman–Crippen MR) is 115 cm³/mol. The lowest BCUT2D eigenvalue weighted by Gasteiger charge is -2.15. The molecule has 1 aliphatic heterocycles. The molecular weight excluding hydrogens is 380 g/mol. The average molecular weight is 408 g/mol. The van der Waals surface area contributed by atoms with Crippen LogP contribution in [0.15, 0.2) is 54.6 Å². The van der Waals surface area contributed by atoms with Gasteiger partial charge in [0.15, 0.2) is 11.7 Å². The second-order valence-electron chi connectivity index (χ2n) is 7.50. The summed E-state index contributed by atoms with van der Waals surface area (Å²) in [5.74, 6) is -1.97. The van der Waals surface area contributed by atoms with Gasteiger partial charge in [0.25, 0.3) is 0 Å². The zero-order valence-corrected chi connectivity index (χ0v) is 17.3. The van der Waals surface area contributed by atoms with Crippen molar-refractivity contribution in [2.24, 2.45) is 5.92 Å². The van der Waals surface area contributed by atoms with Crippen molar-refractivity contribution < 1.29 is 19.1 Å². The van der Waals surface area contributed by atoms with Crippen LogP contribution in [0.2, 0.25) is 0 Å². The largest absolute Gasteiger partial charge is 0.494 e. The van der Waals surface area contributed by atoms with E-state index in [2.05, 4.69) is 12.2 Å². The molecule has 0 saturated carbocycles. The zero-order chi connectivity index (χ0) is 21.3. The summed E-state index contributed by atoms with van der Waals surface area (Å²) in [4.78, 5) is 39.0. The van der Waals surface area contributed by atoms with Crippen LogP contribution >= 0.6 is 0 Å². The molecule has 1 saturated heterocycles. The normalized spacial score (nSPS) is 16.0. The number of Topliss-reactive ketones (excluding diaryl/α,β-unsaturated/α-hetero) is 1. The van der Waals surface area contributed by atoms with Crippen LogP contribution in [0, 0.1) is 5.92 Å². The highest BCUT2D eigenvalue weighted by Gasteiger charge is 2.43. The molecule has 1 aliphatic rings. The Morgan fingerprint density at radius 1 is 1.03 bits per heavy atom. The van der Waals surface area contributed by atoms with Crippen molar-refractivity contribution in [2.45, 2.75) is 39.2 Å². The SMILES string of the molecule is CCCCCCOc1ccc(NC(=O)C2C(=O)CN(Cc3ccccc3)C2=O)cc1. The van der Waals surface area contributed by atoms with Crippen molar-refractivity contribution in [2.75, 3.05) is 18.5 Å². The van der Waals surface area contributed by atoms with Gasteiger partial charge in [0.2, 0.25) is 11.8 Å². The number of carbonyl (C=O) groups excluding carboxylic acids is 3. The maximum Gasteiger partial charge on any atom is 0.244 e. The number of ketones is 1. The van der Waals surface area contributed by atoms with Crippen LogP contribution in [-0.4, -0.2) is 35.6 Å². The third-order valence-corrected chi connectivity index (χ3v) is 5.09. The molecule has 0 bridgehead atoms. The highest BCUT2D eigenvalue weighted by Crippen LogP contribution is 2.21. The molecule has 6 heteroatoms. The number of nitrogens with one attached hydrogen (secondary N) is 1. The molecule has 6 nitrogen and oxygen atoms in total. The molecule has 158 valence electrons. The summed E-state index contributed by atoms with van der Waals surface area (Å²) in [6, 6.07) is 16.4. The lowest BCUT2D eigenvalue weighted by atomic mass is 10.1. The smallest absolute Gasteiger partial charge is 0.244 e. The molecule has 0 spiro atoms.